The predicted molar refractivity (Wildman–Crippen MR) is 127 cm³/mol. The minimum atomic E-state index is -0.0818. The summed E-state index contributed by atoms with van der Waals surface area (Å²) in [5.41, 5.74) is 2.99. The first kappa shape index (κ1) is 23.2. The van der Waals surface area contributed by atoms with Crippen LogP contribution in [0.2, 0.25) is 5.02 Å². The van der Waals surface area contributed by atoms with Crippen LogP contribution in [0.3, 0.4) is 0 Å². The molecule has 0 unspecified atom stereocenters. The van der Waals surface area contributed by atoms with E-state index >= 15 is 0 Å². The van der Waals surface area contributed by atoms with E-state index in [2.05, 4.69) is 26.1 Å². The molecule has 5 nitrogen and oxygen atoms in total. The van der Waals surface area contributed by atoms with Gasteiger partial charge in [-0.3, -0.25) is 4.79 Å². The van der Waals surface area contributed by atoms with Crippen LogP contribution in [-0.2, 0) is 11.2 Å². The zero-order valence-corrected chi connectivity index (χ0v) is 19.5. The maximum absolute atomic E-state index is 12.9. The molecule has 6 heteroatoms. The highest BCUT2D eigenvalue weighted by Gasteiger charge is 2.26. The highest BCUT2D eigenvalue weighted by Crippen LogP contribution is 2.39. The van der Waals surface area contributed by atoms with Gasteiger partial charge in [0.05, 0.1) is 12.8 Å². The molecule has 0 atom stereocenters. The first-order valence-corrected chi connectivity index (χ1v) is 10.9. The van der Waals surface area contributed by atoms with E-state index in [1.807, 2.05) is 36.4 Å². The van der Waals surface area contributed by atoms with Crippen LogP contribution >= 0.6 is 11.6 Å². The molecular formula is C25H31ClN2O3. The SMILES string of the molecule is COc1cc2c(cc1OCCNCC(C)(C)C)N(C(=O)/C=C/c1ccccc1Cl)CC2. The molecule has 0 radical (unpaired) electrons. The van der Waals surface area contributed by atoms with Crippen molar-refractivity contribution < 1.29 is 14.3 Å². The second kappa shape index (κ2) is 10.2. The molecule has 2 aromatic carbocycles. The van der Waals surface area contributed by atoms with Gasteiger partial charge < -0.3 is 19.7 Å². The van der Waals surface area contributed by atoms with Crippen LogP contribution in [0.15, 0.2) is 42.5 Å². The molecule has 2 aromatic rings. The lowest BCUT2D eigenvalue weighted by Gasteiger charge is -2.20. The molecule has 1 amide bonds. The summed E-state index contributed by atoms with van der Waals surface area (Å²) in [4.78, 5) is 14.6. The van der Waals surface area contributed by atoms with Gasteiger partial charge in [-0.05, 0) is 41.2 Å². The lowest BCUT2D eigenvalue weighted by atomic mass is 9.97. The number of nitrogens with one attached hydrogen (secondary N) is 1. The van der Waals surface area contributed by atoms with E-state index < -0.39 is 0 Å². The Kier molecular flexibility index (Phi) is 7.63. The number of halogens is 1. The smallest absolute Gasteiger partial charge is 0.251 e. The molecule has 0 bridgehead atoms. The number of ether oxygens (including phenoxy) is 2. The molecule has 0 saturated carbocycles. The summed E-state index contributed by atoms with van der Waals surface area (Å²) < 4.78 is 11.5. The van der Waals surface area contributed by atoms with E-state index in [4.69, 9.17) is 21.1 Å². The number of nitrogens with zero attached hydrogens (tertiary/aromatic N) is 1. The Balaban J connectivity index is 1.69. The standard InChI is InChI=1S/C25H31ClN2O3/c1-25(2,3)17-27-12-14-31-23-16-21-19(15-22(23)30-4)11-13-28(21)24(29)10-9-18-7-5-6-8-20(18)26/h5-10,15-16,27H,11-14,17H2,1-4H3/b10-9+. The van der Waals surface area contributed by atoms with Gasteiger partial charge in [0.2, 0.25) is 0 Å². The van der Waals surface area contributed by atoms with Crippen LogP contribution in [0, 0.1) is 5.41 Å². The highest BCUT2D eigenvalue weighted by atomic mass is 35.5. The number of rotatable bonds is 8. The van der Waals surface area contributed by atoms with Crippen LogP contribution in [0.5, 0.6) is 11.5 Å². The van der Waals surface area contributed by atoms with Crippen LogP contribution in [-0.4, -0.2) is 39.3 Å². The number of hydrogen-bond acceptors (Lipinski definition) is 4. The van der Waals surface area contributed by atoms with Crippen molar-refractivity contribution in [2.45, 2.75) is 27.2 Å². The van der Waals surface area contributed by atoms with E-state index in [-0.39, 0.29) is 11.3 Å². The summed E-state index contributed by atoms with van der Waals surface area (Å²) in [5.74, 6) is 1.26. The van der Waals surface area contributed by atoms with Crippen LogP contribution < -0.4 is 19.7 Å². The first-order valence-electron chi connectivity index (χ1n) is 10.6. The fourth-order valence-electron chi connectivity index (χ4n) is 3.45. The molecule has 31 heavy (non-hydrogen) atoms. The quantitative estimate of drug-likeness (QED) is 0.463. The molecule has 166 valence electrons. The molecular weight excluding hydrogens is 412 g/mol. The molecule has 1 N–H and O–H groups in total. The number of carbonyl (C=O) groups excluding carboxylic acids is 1. The lowest BCUT2D eigenvalue weighted by Crippen LogP contribution is -2.30. The predicted octanol–water partition coefficient (Wildman–Crippen LogP) is 4.97. The third-order valence-electron chi connectivity index (χ3n) is 5.03. The number of amides is 1. The van der Waals surface area contributed by atoms with E-state index in [0.717, 1.165) is 36.3 Å². The van der Waals surface area contributed by atoms with Gasteiger partial charge in [-0.2, -0.15) is 0 Å². The van der Waals surface area contributed by atoms with E-state index in [9.17, 15) is 4.79 Å². The van der Waals surface area contributed by atoms with Crippen LogP contribution in [0.4, 0.5) is 5.69 Å². The average molecular weight is 443 g/mol. The van der Waals surface area contributed by atoms with Gasteiger partial charge in [0.1, 0.15) is 6.61 Å². The van der Waals surface area contributed by atoms with Crippen molar-refractivity contribution in [3.8, 4) is 11.5 Å². The van der Waals surface area contributed by atoms with Crippen molar-refractivity contribution in [3.63, 3.8) is 0 Å². The van der Waals surface area contributed by atoms with Gasteiger partial charge in [-0.25, -0.2) is 0 Å². The van der Waals surface area contributed by atoms with Crippen molar-refractivity contribution in [1.29, 1.82) is 0 Å². The van der Waals surface area contributed by atoms with E-state index in [0.29, 0.717) is 29.7 Å². The van der Waals surface area contributed by atoms with Gasteiger partial charge in [-0.1, -0.05) is 50.6 Å². The van der Waals surface area contributed by atoms with Gasteiger partial charge in [0, 0.05) is 36.8 Å². The normalized spacial score (nSPS) is 13.5. The van der Waals surface area contributed by atoms with Gasteiger partial charge in [0.15, 0.2) is 11.5 Å². The third kappa shape index (κ3) is 6.25. The minimum Gasteiger partial charge on any atom is -0.493 e. The molecule has 0 spiro atoms. The minimum absolute atomic E-state index is 0.0818. The van der Waals surface area contributed by atoms with Crippen molar-refractivity contribution in [3.05, 3.63) is 58.6 Å². The Morgan fingerprint density at radius 1 is 1.23 bits per heavy atom. The highest BCUT2D eigenvalue weighted by molar-refractivity contribution is 6.32. The largest absolute Gasteiger partial charge is 0.493 e. The first-order chi connectivity index (χ1) is 14.8. The Hall–Kier alpha value is -2.50. The topological polar surface area (TPSA) is 50.8 Å². The molecule has 1 aliphatic rings. The van der Waals surface area contributed by atoms with Crippen molar-refractivity contribution in [2.75, 3.05) is 38.3 Å². The van der Waals surface area contributed by atoms with Gasteiger partial charge in [-0.15, -0.1) is 0 Å². The summed E-state index contributed by atoms with van der Waals surface area (Å²) >= 11 is 6.19. The summed E-state index contributed by atoms with van der Waals surface area (Å²) in [6.45, 7) is 9.37. The summed E-state index contributed by atoms with van der Waals surface area (Å²) in [5, 5.41) is 4.02. The average Bonchev–Trinajstić information content (AvgIpc) is 3.14. The maximum atomic E-state index is 12.9. The van der Waals surface area contributed by atoms with Gasteiger partial charge >= 0.3 is 0 Å². The number of benzene rings is 2. The molecule has 1 heterocycles. The molecule has 0 aliphatic carbocycles. The Labute approximate surface area is 190 Å². The number of anilines is 1. The van der Waals surface area contributed by atoms with Gasteiger partial charge in [0.25, 0.3) is 5.91 Å². The van der Waals surface area contributed by atoms with Crippen molar-refractivity contribution in [2.24, 2.45) is 5.41 Å². The Bertz CT molecular complexity index is 950. The summed E-state index contributed by atoms with van der Waals surface area (Å²) in [6.07, 6.45) is 4.10. The molecule has 0 aromatic heterocycles. The number of hydrogen-bond donors (Lipinski definition) is 1. The van der Waals surface area contributed by atoms with Crippen molar-refractivity contribution >= 4 is 29.3 Å². The van der Waals surface area contributed by atoms with Crippen LogP contribution in [0.1, 0.15) is 31.9 Å². The zero-order valence-electron chi connectivity index (χ0n) is 18.7. The number of fused-ring (bicyclic) bond motifs is 1. The molecule has 0 fully saturated rings. The fraction of sp³-hybridized carbons (Fsp3) is 0.400. The molecule has 3 rings (SSSR count). The van der Waals surface area contributed by atoms with E-state index in [1.54, 1.807) is 24.2 Å². The second-order valence-electron chi connectivity index (χ2n) is 8.81. The monoisotopic (exact) mass is 442 g/mol. The van der Waals surface area contributed by atoms with E-state index in [1.165, 1.54) is 0 Å². The fourth-order valence-corrected chi connectivity index (χ4v) is 3.65. The Morgan fingerprint density at radius 2 is 2.00 bits per heavy atom. The second-order valence-corrected chi connectivity index (χ2v) is 9.22. The molecule has 1 aliphatic heterocycles. The summed E-state index contributed by atoms with van der Waals surface area (Å²) in [6, 6.07) is 11.3. The lowest BCUT2D eigenvalue weighted by molar-refractivity contribution is -0.114. The third-order valence-corrected chi connectivity index (χ3v) is 5.37. The number of carbonyl (C=O) groups is 1. The van der Waals surface area contributed by atoms with Crippen molar-refractivity contribution in [1.82, 2.24) is 5.32 Å². The maximum Gasteiger partial charge on any atom is 0.251 e. The Morgan fingerprint density at radius 3 is 2.71 bits per heavy atom. The molecule has 0 saturated heterocycles. The zero-order chi connectivity index (χ0) is 22.4. The summed E-state index contributed by atoms with van der Waals surface area (Å²) in [7, 11) is 1.64. The number of methoxy groups -OCH3 is 1. The van der Waals surface area contributed by atoms with Crippen LogP contribution in [0.25, 0.3) is 6.08 Å².